The van der Waals surface area contributed by atoms with Crippen molar-refractivity contribution in [3.8, 4) is 0 Å². The fourth-order valence-corrected chi connectivity index (χ4v) is 5.76. The Labute approximate surface area is 111 Å². The molecule has 5 fully saturated rings. The van der Waals surface area contributed by atoms with Crippen molar-refractivity contribution in [3.63, 3.8) is 0 Å². The van der Waals surface area contributed by atoms with E-state index in [1.807, 2.05) is 0 Å². The van der Waals surface area contributed by atoms with Crippen LogP contribution in [0.1, 0.15) is 51.9 Å². The van der Waals surface area contributed by atoms with Crippen molar-refractivity contribution in [1.29, 1.82) is 0 Å². The van der Waals surface area contributed by atoms with Gasteiger partial charge in [0.15, 0.2) is 0 Å². The van der Waals surface area contributed by atoms with E-state index in [0.29, 0.717) is 0 Å². The first kappa shape index (κ1) is 11.7. The average molecular weight is 248 g/mol. The number of nitrogens with zero attached hydrogens (tertiary/aromatic N) is 1. The van der Waals surface area contributed by atoms with Gasteiger partial charge in [-0.1, -0.05) is 0 Å². The van der Waals surface area contributed by atoms with Gasteiger partial charge in [0.05, 0.1) is 0 Å². The summed E-state index contributed by atoms with van der Waals surface area (Å²) < 4.78 is 0. The van der Waals surface area contributed by atoms with Crippen LogP contribution in [-0.2, 0) is 0 Å². The van der Waals surface area contributed by atoms with Gasteiger partial charge in [0.1, 0.15) is 0 Å². The van der Waals surface area contributed by atoms with Gasteiger partial charge in [-0.15, -0.1) is 0 Å². The molecule has 1 atom stereocenters. The lowest BCUT2D eigenvalue weighted by atomic mass is 9.52. The van der Waals surface area contributed by atoms with Crippen LogP contribution in [0, 0.1) is 29.6 Å². The van der Waals surface area contributed by atoms with Crippen molar-refractivity contribution < 1.29 is 0 Å². The minimum absolute atomic E-state index is 0.766. The van der Waals surface area contributed by atoms with Gasteiger partial charge in [-0.2, -0.15) is 0 Å². The standard InChI is InChI=1S/C16H28N2/c1-11-3-2-4-18(11)17-10-16-14-6-12-5-13(8-14)9-15(16)7-12/h11-17H,2-10H2,1H3. The Bertz CT molecular complexity index is 286. The molecule has 1 unspecified atom stereocenters. The van der Waals surface area contributed by atoms with E-state index in [2.05, 4.69) is 17.4 Å². The highest BCUT2D eigenvalue weighted by molar-refractivity contribution is 4.98. The summed E-state index contributed by atoms with van der Waals surface area (Å²) in [5.41, 5.74) is 3.79. The Morgan fingerprint density at radius 3 is 2.22 bits per heavy atom. The minimum atomic E-state index is 0.766. The highest BCUT2D eigenvalue weighted by Crippen LogP contribution is 2.56. The zero-order valence-electron chi connectivity index (χ0n) is 11.8. The van der Waals surface area contributed by atoms with Crippen molar-refractivity contribution in [2.75, 3.05) is 13.1 Å². The number of rotatable bonds is 3. The maximum Gasteiger partial charge on any atom is 0.0215 e. The molecule has 18 heavy (non-hydrogen) atoms. The molecule has 5 rings (SSSR count). The fraction of sp³-hybridized carbons (Fsp3) is 1.00. The Balaban J connectivity index is 1.37. The molecule has 4 bridgehead atoms. The molecule has 1 heterocycles. The lowest BCUT2D eigenvalue weighted by Crippen LogP contribution is -2.51. The van der Waals surface area contributed by atoms with Crippen LogP contribution >= 0.6 is 0 Å². The molecule has 2 heteroatoms. The van der Waals surface area contributed by atoms with Crippen LogP contribution in [0.15, 0.2) is 0 Å². The van der Waals surface area contributed by atoms with E-state index >= 15 is 0 Å². The molecule has 0 aromatic rings. The summed E-state index contributed by atoms with van der Waals surface area (Å²) in [4.78, 5) is 0. The van der Waals surface area contributed by atoms with E-state index in [-0.39, 0.29) is 0 Å². The number of hydrogen-bond acceptors (Lipinski definition) is 2. The van der Waals surface area contributed by atoms with Gasteiger partial charge in [-0.05, 0) is 81.5 Å². The minimum Gasteiger partial charge on any atom is -0.255 e. The monoisotopic (exact) mass is 248 g/mol. The molecule has 102 valence electrons. The lowest BCUT2D eigenvalue weighted by molar-refractivity contribution is -0.0431. The predicted octanol–water partition coefficient (Wildman–Crippen LogP) is 3.05. The van der Waals surface area contributed by atoms with Crippen molar-refractivity contribution >= 4 is 0 Å². The molecule has 0 spiro atoms. The first-order valence-electron chi connectivity index (χ1n) is 8.29. The average Bonchev–Trinajstić information content (AvgIpc) is 2.73. The van der Waals surface area contributed by atoms with Crippen LogP contribution in [0.2, 0.25) is 0 Å². The van der Waals surface area contributed by atoms with E-state index < -0.39 is 0 Å². The highest BCUT2D eigenvalue weighted by atomic mass is 15.5. The molecule has 0 aromatic heterocycles. The third-order valence-corrected chi connectivity index (χ3v) is 6.51. The first-order valence-corrected chi connectivity index (χ1v) is 8.29. The quantitative estimate of drug-likeness (QED) is 0.826. The number of hydrogen-bond donors (Lipinski definition) is 1. The zero-order chi connectivity index (χ0) is 12.1. The predicted molar refractivity (Wildman–Crippen MR) is 73.9 cm³/mol. The molecule has 1 N–H and O–H groups in total. The molecule has 2 nitrogen and oxygen atoms in total. The normalized spacial score (nSPS) is 51.2. The first-order chi connectivity index (χ1) is 8.79. The second-order valence-corrected chi connectivity index (χ2v) is 7.64. The summed E-state index contributed by atoms with van der Waals surface area (Å²) in [6.07, 6.45) is 10.6. The summed E-state index contributed by atoms with van der Waals surface area (Å²) in [6.45, 7) is 4.92. The van der Waals surface area contributed by atoms with Gasteiger partial charge in [-0.3, -0.25) is 5.43 Å². The topological polar surface area (TPSA) is 15.3 Å². The molecule has 4 saturated carbocycles. The Morgan fingerprint density at radius 1 is 1.00 bits per heavy atom. The second-order valence-electron chi connectivity index (χ2n) is 7.64. The summed E-state index contributed by atoms with van der Waals surface area (Å²) in [5.74, 6) is 5.40. The summed E-state index contributed by atoms with van der Waals surface area (Å²) in [6, 6.07) is 0.766. The summed E-state index contributed by atoms with van der Waals surface area (Å²) >= 11 is 0. The van der Waals surface area contributed by atoms with E-state index in [1.165, 1.54) is 25.9 Å². The molecular formula is C16H28N2. The zero-order valence-corrected chi connectivity index (χ0v) is 11.8. The molecule has 0 aromatic carbocycles. The van der Waals surface area contributed by atoms with Gasteiger partial charge >= 0.3 is 0 Å². The maximum absolute atomic E-state index is 3.79. The van der Waals surface area contributed by atoms with Gasteiger partial charge < -0.3 is 0 Å². The van der Waals surface area contributed by atoms with Gasteiger partial charge in [0, 0.05) is 19.1 Å². The van der Waals surface area contributed by atoms with Crippen LogP contribution < -0.4 is 5.43 Å². The van der Waals surface area contributed by atoms with E-state index in [9.17, 15) is 0 Å². The summed E-state index contributed by atoms with van der Waals surface area (Å²) in [5, 5.41) is 2.52. The molecule has 4 aliphatic carbocycles. The highest BCUT2D eigenvalue weighted by Gasteiger charge is 2.47. The SMILES string of the molecule is CC1CCCN1NCC1C2CC3CC(C2)CC1C3. The number of nitrogens with one attached hydrogen (secondary N) is 1. The van der Waals surface area contributed by atoms with Crippen molar-refractivity contribution in [1.82, 2.24) is 10.4 Å². The molecule has 0 amide bonds. The van der Waals surface area contributed by atoms with E-state index in [4.69, 9.17) is 0 Å². The Morgan fingerprint density at radius 2 is 1.67 bits per heavy atom. The van der Waals surface area contributed by atoms with Gasteiger partial charge in [0.25, 0.3) is 0 Å². The third-order valence-electron chi connectivity index (χ3n) is 6.51. The van der Waals surface area contributed by atoms with E-state index in [0.717, 1.165) is 35.6 Å². The van der Waals surface area contributed by atoms with Crippen LogP contribution in [0.25, 0.3) is 0 Å². The van der Waals surface area contributed by atoms with E-state index in [1.54, 1.807) is 32.1 Å². The number of hydrazine groups is 1. The van der Waals surface area contributed by atoms with Crippen molar-refractivity contribution in [3.05, 3.63) is 0 Å². The summed E-state index contributed by atoms with van der Waals surface area (Å²) in [7, 11) is 0. The van der Waals surface area contributed by atoms with Gasteiger partial charge in [0.2, 0.25) is 0 Å². The largest absolute Gasteiger partial charge is 0.255 e. The van der Waals surface area contributed by atoms with Crippen LogP contribution in [0.4, 0.5) is 0 Å². The van der Waals surface area contributed by atoms with Crippen molar-refractivity contribution in [2.24, 2.45) is 29.6 Å². The Kier molecular flexibility index (Phi) is 2.92. The van der Waals surface area contributed by atoms with Gasteiger partial charge in [-0.25, -0.2) is 5.01 Å². The third kappa shape index (κ3) is 1.92. The van der Waals surface area contributed by atoms with Crippen LogP contribution in [0.3, 0.4) is 0 Å². The smallest absolute Gasteiger partial charge is 0.0215 e. The van der Waals surface area contributed by atoms with Crippen LogP contribution in [0.5, 0.6) is 0 Å². The molecule has 5 aliphatic rings. The van der Waals surface area contributed by atoms with Crippen LogP contribution in [-0.4, -0.2) is 24.1 Å². The lowest BCUT2D eigenvalue weighted by Gasteiger charge is -2.54. The Hall–Kier alpha value is -0.0800. The molecule has 1 saturated heterocycles. The molecule has 0 radical (unpaired) electrons. The maximum atomic E-state index is 3.79. The fourth-order valence-electron chi connectivity index (χ4n) is 5.76. The molecular weight excluding hydrogens is 220 g/mol. The molecule has 1 aliphatic heterocycles. The van der Waals surface area contributed by atoms with Crippen molar-refractivity contribution in [2.45, 2.75) is 57.9 Å². The second kappa shape index (κ2) is 4.49.